The van der Waals surface area contributed by atoms with E-state index in [4.69, 9.17) is 10.5 Å². The molecule has 154 valence electrons. The number of carbonyl (C=O) groups excluding carboxylic acids is 2. The van der Waals surface area contributed by atoms with Crippen molar-refractivity contribution >= 4 is 31.9 Å². The normalized spacial score (nSPS) is 25.9. The Bertz CT molecular complexity index is 388. The zero-order chi connectivity index (χ0) is 20.4. The van der Waals surface area contributed by atoms with Crippen LogP contribution in [0.3, 0.4) is 0 Å². The molecule has 0 bridgehead atoms. The van der Waals surface area contributed by atoms with Crippen LogP contribution in [-0.2, 0) is 14.3 Å². The molecule has 1 fully saturated rings. The van der Waals surface area contributed by atoms with E-state index >= 15 is 0 Å². The van der Waals surface area contributed by atoms with Crippen molar-refractivity contribution in [3.8, 4) is 0 Å². The summed E-state index contributed by atoms with van der Waals surface area (Å²) in [7, 11) is 0. The first-order valence-electron chi connectivity index (χ1n) is 9.92. The van der Waals surface area contributed by atoms with E-state index in [1.807, 2.05) is 20.8 Å². The van der Waals surface area contributed by atoms with Crippen LogP contribution in [0.4, 0.5) is 0 Å². The molecule has 0 spiro atoms. The summed E-state index contributed by atoms with van der Waals surface area (Å²) < 4.78 is 5.14. The molecule has 0 saturated carbocycles. The van der Waals surface area contributed by atoms with Gasteiger partial charge in [-0.3, -0.25) is 9.59 Å². The van der Waals surface area contributed by atoms with E-state index < -0.39 is 6.10 Å². The number of aliphatic hydroxyl groups is 1. The Morgan fingerprint density at radius 1 is 1.15 bits per heavy atom. The molecule has 1 aliphatic rings. The number of rotatable bonds is 1. The predicted octanol–water partition coefficient (Wildman–Crippen LogP) is 3.00. The molecule has 1 heterocycles. The van der Waals surface area contributed by atoms with Crippen LogP contribution in [0, 0.1) is 11.8 Å². The first-order chi connectivity index (χ1) is 12.4. The molecule has 1 rings (SSSR count). The molecular formula is C20H40AsNO4. The van der Waals surface area contributed by atoms with Crippen LogP contribution in [0.25, 0.3) is 0 Å². The van der Waals surface area contributed by atoms with E-state index in [1.165, 1.54) is 0 Å². The second kappa shape index (κ2) is 19.3. The van der Waals surface area contributed by atoms with Gasteiger partial charge in [0, 0.05) is 18.8 Å². The number of ether oxygens (including phenoxy) is 1. The monoisotopic (exact) mass is 433 g/mol. The Balaban J connectivity index is 0. The minimum atomic E-state index is -0.710. The molecule has 0 amide bonds. The number of hydrogen-bond donors (Lipinski definition) is 2. The van der Waals surface area contributed by atoms with Crippen molar-refractivity contribution in [3.05, 3.63) is 0 Å². The SMILES string of the molecule is CC.CC1C(=O)CCCCCC[C@@H](C)C(=O)OCCC1O.C[As]=CCN. The van der Waals surface area contributed by atoms with E-state index in [1.54, 1.807) is 6.92 Å². The first kappa shape index (κ1) is 27.7. The summed E-state index contributed by atoms with van der Waals surface area (Å²) in [5.74, 6) is -0.509. The van der Waals surface area contributed by atoms with Gasteiger partial charge in [0.15, 0.2) is 0 Å². The summed E-state index contributed by atoms with van der Waals surface area (Å²) in [6.07, 6.45) is 4.96. The van der Waals surface area contributed by atoms with Gasteiger partial charge < -0.3 is 9.84 Å². The number of ketones is 1. The Morgan fingerprint density at radius 2 is 1.77 bits per heavy atom. The summed E-state index contributed by atoms with van der Waals surface area (Å²) in [6.45, 7) is 8.60. The molecule has 0 aliphatic carbocycles. The summed E-state index contributed by atoms with van der Waals surface area (Å²) >= 11 is 0.466. The van der Waals surface area contributed by atoms with Gasteiger partial charge in [-0.1, -0.05) is 47.0 Å². The molecule has 5 nitrogen and oxygen atoms in total. The minimum absolute atomic E-state index is 0.0702. The summed E-state index contributed by atoms with van der Waals surface area (Å²) in [5.41, 5.74) is 7.28. The van der Waals surface area contributed by atoms with Crippen molar-refractivity contribution in [1.82, 2.24) is 0 Å². The van der Waals surface area contributed by atoms with Gasteiger partial charge in [-0.25, -0.2) is 0 Å². The Morgan fingerprint density at radius 3 is 2.31 bits per heavy atom. The van der Waals surface area contributed by atoms with E-state index in [0.29, 0.717) is 28.2 Å². The maximum absolute atomic E-state index is 11.8. The molecule has 1 aliphatic heterocycles. The van der Waals surface area contributed by atoms with Crippen LogP contribution in [-0.4, -0.2) is 56.2 Å². The van der Waals surface area contributed by atoms with Gasteiger partial charge in [0.2, 0.25) is 0 Å². The zero-order valence-electron chi connectivity index (χ0n) is 17.4. The second-order valence-corrected chi connectivity index (χ2v) is 8.16. The standard InChI is InChI=1S/C15H26O4.C3H8AsN.C2H6/c1-11-7-5-3-4-6-8-13(16)12(2)14(17)9-10-19-15(11)18;1-4-2-3-5;1-2/h11-12,14,17H,3-10H2,1-2H3;2H,3,5H2,1H3;1-2H3/t11-,12?,14?;;/m1../s1. The molecule has 26 heavy (non-hydrogen) atoms. The molecule has 2 unspecified atom stereocenters. The third kappa shape index (κ3) is 14.6. The molecule has 0 aromatic rings. The van der Waals surface area contributed by atoms with Gasteiger partial charge in [0.1, 0.15) is 5.78 Å². The quantitative estimate of drug-likeness (QED) is 0.490. The molecule has 1 saturated heterocycles. The Labute approximate surface area is 166 Å². The number of aliphatic hydroxyl groups excluding tert-OH is 1. The van der Waals surface area contributed by atoms with Crippen molar-refractivity contribution < 1.29 is 19.4 Å². The van der Waals surface area contributed by atoms with Gasteiger partial charge in [-0.05, 0) is 12.8 Å². The molecular weight excluding hydrogens is 393 g/mol. The number of nitrogens with two attached hydrogens (primary N) is 1. The Kier molecular flexibility index (Phi) is 20.5. The molecule has 6 heteroatoms. The third-order valence-electron chi connectivity index (χ3n) is 4.24. The van der Waals surface area contributed by atoms with E-state index in [2.05, 4.69) is 10.5 Å². The number of Topliss-reactive ketones (excluding diaryl/α,β-unsaturated/α-hetero) is 1. The number of hydrogen-bond acceptors (Lipinski definition) is 5. The van der Waals surface area contributed by atoms with Crippen LogP contribution in [0.2, 0.25) is 5.71 Å². The number of cyclic esters (lactones) is 1. The molecule has 0 aromatic carbocycles. The number of esters is 1. The predicted molar refractivity (Wildman–Crippen MR) is 111 cm³/mol. The summed E-state index contributed by atoms with van der Waals surface area (Å²) in [5, 5.41) is 9.90. The Hall–Kier alpha value is -0.512. The van der Waals surface area contributed by atoms with Gasteiger partial charge in [0.25, 0.3) is 0 Å². The molecule has 3 atom stereocenters. The van der Waals surface area contributed by atoms with Gasteiger partial charge in [-0.2, -0.15) is 0 Å². The first-order valence-corrected chi connectivity index (χ1v) is 12.9. The van der Waals surface area contributed by atoms with Crippen LogP contribution in [0.15, 0.2) is 0 Å². The van der Waals surface area contributed by atoms with E-state index in [-0.39, 0.29) is 30.2 Å². The average Bonchev–Trinajstić information content (AvgIpc) is 2.65. The maximum atomic E-state index is 11.8. The van der Waals surface area contributed by atoms with Crippen LogP contribution >= 0.6 is 0 Å². The van der Waals surface area contributed by atoms with Crippen molar-refractivity contribution in [1.29, 1.82) is 0 Å². The average molecular weight is 433 g/mol. The second-order valence-electron chi connectivity index (χ2n) is 6.31. The number of carbonyl (C=O) groups is 2. The summed E-state index contributed by atoms with van der Waals surface area (Å²) in [4.78, 5) is 25.6. The van der Waals surface area contributed by atoms with E-state index in [0.717, 1.165) is 38.6 Å². The molecule has 0 aromatic heterocycles. The van der Waals surface area contributed by atoms with Crippen molar-refractivity contribution in [3.63, 3.8) is 0 Å². The fourth-order valence-electron chi connectivity index (χ4n) is 2.44. The van der Waals surface area contributed by atoms with Gasteiger partial charge in [-0.15, -0.1) is 0 Å². The fourth-order valence-corrected chi connectivity index (χ4v) is 2.88. The van der Waals surface area contributed by atoms with Gasteiger partial charge in [0.05, 0.1) is 18.6 Å². The van der Waals surface area contributed by atoms with Crippen molar-refractivity contribution in [2.45, 2.75) is 84.5 Å². The van der Waals surface area contributed by atoms with Crippen LogP contribution in [0.5, 0.6) is 0 Å². The topological polar surface area (TPSA) is 89.6 Å². The molecule has 0 radical (unpaired) electrons. The van der Waals surface area contributed by atoms with Crippen LogP contribution < -0.4 is 5.73 Å². The van der Waals surface area contributed by atoms with Crippen LogP contribution in [0.1, 0.15) is 72.6 Å². The van der Waals surface area contributed by atoms with Crippen molar-refractivity contribution in [2.24, 2.45) is 17.6 Å². The zero-order valence-corrected chi connectivity index (χ0v) is 19.2. The van der Waals surface area contributed by atoms with Gasteiger partial charge >= 0.3 is 44.1 Å². The fraction of sp³-hybridized carbons (Fsp3) is 0.850. The summed E-state index contributed by atoms with van der Waals surface area (Å²) in [6, 6.07) is 0. The van der Waals surface area contributed by atoms with E-state index in [9.17, 15) is 14.7 Å². The van der Waals surface area contributed by atoms with Crippen molar-refractivity contribution in [2.75, 3.05) is 13.2 Å². The molecule has 3 N–H and O–H groups in total. The third-order valence-corrected chi connectivity index (χ3v) is 5.45.